The first-order valence-electron chi connectivity index (χ1n) is 5.30. The van der Waals surface area contributed by atoms with Gasteiger partial charge in [0.25, 0.3) is 0 Å². The van der Waals surface area contributed by atoms with Gasteiger partial charge in [-0.25, -0.2) is 0 Å². The molecule has 0 amide bonds. The average Bonchev–Trinajstić information content (AvgIpc) is 2.70. The van der Waals surface area contributed by atoms with Crippen LogP contribution in [0.2, 0.25) is 5.02 Å². The quantitative estimate of drug-likeness (QED) is 0.848. The second-order valence-electron chi connectivity index (χ2n) is 3.73. The van der Waals surface area contributed by atoms with E-state index < -0.39 is 0 Å². The number of carbonyl (C=O) groups is 1. The number of ketones is 1. The van der Waals surface area contributed by atoms with Gasteiger partial charge in [-0.15, -0.1) is 0 Å². The molecule has 3 nitrogen and oxygen atoms in total. The van der Waals surface area contributed by atoms with Crippen LogP contribution in [-0.4, -0.2) is 17.5 Å². The van der Waals surface area contributed by atoms with E-state index in [0.29, 0.717) is 16.3 Å². The van der Waals surface area contributed by atoms with Gasteiger partial charge in [0.15, 0.2) is 0 Å². The number of aryl methyl sites for hydroxylation is 1. The molecule has 0 bridgehead atoms. The Bertz CT molecular complexity index is 560. The second-order valence-corrected chi connectivity index (χ2v) is 4.14. The summed E-state index contributed by atoms with van der Waals surface area (Å²) in [6.45, 7) is 1.93. The zero-order valence-electron chi connectivity index (χ0n) is 9.70. The van der Waals surface area contributed by atoms with Crippen molar-refractivity contribution in [2.24, 2.45) is 0 Å². The van der Waals surface area contributed by atoms with Crippen LogP contribution in [0.1, 0.15) is 21.7 Å². The fourth-order valence-electron chi connectivity index (χ4n) is 1.80. The molecule has 2 rings (SSSR count). The Morgan fingerprint density at radius 1 is 1.24 bits per heavy atom. The van der Waals surface area contributed by atoms with E-state index in [2.05, 4.69) is 5.43 Å². The van der Waals surface area contributed by atoms with Crippen LogP contribution in [0.5, 0.6) is 0 Å². The average molecular weight is 249 g/mol. The van der Waals surface area contributed by atoms with Crippen LogP contribution < -0.4 is 5.43 Å². The SMILES string of the molecule is CNn1c(C)ccc1C(=O)c1ccccc1Cl. The number of hydrogen-bond donors (Lipinski definition) is 1. The molecule has 0 atom stereocenters. The summed E-state index contributed by atoms with van der Waals surface area (Å²) < 4.78 is 1.74. The number of benzene rings is 1. The molecule has 1 heterocycles. The monoisotopic (exact) mass is 248 g/mol. The largest absolute Gasteiger partial charge is 0.329 e. The van der Waals surface area contributed by atoms with Gasteiger partial charge in [-0.3, -0.25) is 9.47 Å². The van der Waals surface area contributed by atoms with Crippen molar-refractivity contribution in [1.82, 2.24) is 4.68 Å². The minimum atomic E-state index is -0.0851. The van der Waals surface area contributed by atoms with Crippen LogP contribution in [0.4, 0.5) is 0 Å². The molecule has 0 fully saturated rings. The van der Waals surface area contributed by atoms with Crippen LogP contribution in [0, 0.1) is 6.92 Å². The van der Waals surface area contributed by atoms with Crippen molar-refractivity contribution in [1.29, 1.82) is 0 Å². The predicted molar refractivity (Wildman–Crippen MR) is 69.3 cm³/mol. The van der Waals surface area contributed by atoms with E-state index in [9.17, 15) is 4.79 Å². The summed E-state index contributed by atoms with van der Waals surface area (Å²) in [7, 11) is 1.77. The summed E-state index contributed by atoms with van der Waals surface area (Å²) in [5, 5.41) is 0.471. The van der Waals surface area contributed by atoms with Crippen molar-refractivity contribution in [2.45, 2.75) is 6.92 Å². The molecule has 4 heteroatoms. The van der Waals surface area contributed by atoms with E-state index in [1.165, 1.54) is 0 Å². The molecule has 88 valence electrons. The maximum atomic E-state index is 12.3. The van der Waals surface area contributed by atoms with Crippen molar-refractivity contribution < 1.29 is 4.79 Å². The standard InChI is InChI=1S/C13H13ClN2O/c1-9-7-8-12(16(9)15-2)13(17)10-5-3-4-6-11(10)14/h3-8,15H,1-2H3. The van der Waals surface area contributed by atoms with Crippen LogP contribution in [0.15, 0.2) is 36.4 Å². The molecular formula is C13H13ClN2O. The lowest BCUT2D eigenvalue weighted by Crippen LogP contribution is -2.18. The molecule has 1 aromatic carbocycles. The number of nitrogens with zero attached hydrogens (tertiary/aromatic N) is 1. The third-order valence-electron chi connectivity index (χ3n) is 2.65. The van der Waals surface area contributed by atoms with E-state index in [1.54, 1.807) is 36.0 Å². The number of hydrogen-bond acceptors (Lipinski definition) is 2. The van der Waals surface area contributed by atoms with Gasteiger partial charge in [0.05, 0.1) is 5.02 Å². The number of nitrogens with one attached hydrogen (secondary N) is 1. The maximum Gasteiger partial charge on any atom is 0.212 e. The fraction of sp³-hybridized carbons (Fsp3) is 0.154. The predicted octanol–water partition coefficient (Wildman–Crippen LogP) is 2.85. The Kier molecular flexibility index (Phi) is 3.20. The minimum Gasteiger partial charge on any atom is -0.329 e. The summed E-state index contributed by atoms with van der Waals surface area (Å²) in [5.74, 6) is -0.0851. The van der Waals surface area contributed by atoms with Crippen molar-refractivity contribution >= 4 is 17.4 Å². The Balaban J connectivity index is 2.48. The van der Waals surface area contributed by atoms with Crippen molar-refractivity contribution in [3.8, 4) is 0 Å². The zero-order valence-corrected chi connectivity index (χ0v) is 10.5. The van der Waals surface area contributed by atoms with Gasteiger partial charge in [0.1, 0.15) is 5.69 Å². The van der Waals surface area contributed by atoms with Gasteiger partial charge in [0.2, 0.25) is 5.78 Å². The maximum absolute atomic E-state index is 12.3. The van der Waals surface area contributed by atoms with Crippen LogP contribution in [0.3, 0.4) is 0 Å². The van der Waals surface area contributed by atoms with Crippen LogP contribution in [-0.2, 0) is 0 Å². The Hall–Kier alpha value is -1.74. The molecule has 2 aromatic rings. The molecule has 0 saturated carbocycles. The summed E-state index contributed by atoms with van der Waals surface area (Å²) in [4.78, 5) is 12.3. The third kappa shape index (κ3) is 2.06. The third-order valence-corrected chi connectivity index (χ3v) is 2.98. The molecule has 0 aliphatic heterocycles. The molecule has 17 heavy (non-hydrogen) atoms. The molecular weight excluding hydrogens is 236 g/mol. The first-order valence-corrected chi connectivity index (χ1v) is 5.68. The lowest BCUT2D eigenvalue weighted by molar-refractivity contribution is 0.103. The molecule has 1 aromatic heterocycles. The first-order chi connectivity index (χ1) is 8.15. The number of aromatic nitrogens is 1. The van der Waals surface area contributed by atoms with Gasteiger partial charge >= 0.3 is 0 Å². The van der Waals surface area contributed by atoms with Crippen molar-refractivity contribution in [3.05, 3.63) is 58.4 Å². The molecule has 0 unspecified atom stereocenters. The van der Waals surface area contributed by atoms with Gasteiger partial charge in [-0.1, -0.05) is 23.7 Å². The summed E-state index contributed by atoms with van der Waals surface area (Å²) in [5.41, 5.74) is 5.04. The van der Waals surface area contributed by atoms with E-state index in [1.807, 2.05) is 19.1 Å². The van der Waals surface area contributed by atoms with Crippen molar-refractivity contribution in [2.75, 3.05) is 12.5 Å². The lowest BCUT2D eigenvalue weighted by atomic mass is 10.1. The van der Waals surface area contributed by atoms with E-state index in [-0.39, 0.29) is 5.78 Å². The van der Waals surface area contributed by atoms with Gasteiger partial charge in [0, 0.05) is 18.3 Å². The van der Waals surface area contributed by atoms with Gasteiger partial charge in [-0.05, 0) is 31.2 Å². The van der Waals surface area contributed by atoms with Crippen molar-refractivity contribution in [3.63, 3.8) is 0 Å². The highest BCUT2D eigenvalue weighted by molar-refractivity contribution is 6.34. The molecule has 0 radical (unpaired) electrons. The van der Waals surface area contributed by atoms with E-state index in [0.717, 1.165) is 5.69 Å². The van der Waals surface area contributed by atoms with Crippen LogP contribution in [0.25, 0.3) is 0 Å². The molecule has 0 aliphatic rings. The number of halogens is 1. The van der Waals surface area contributed by atoms with E-state index in [4.69, 9.17) is 11.6 Å². The molecule has 0 spiro atoms. The fourth-order valence-corrected chi connectivity index (χ4v) is 2.02. The zero-order chi connectivity index (χ0) is 12.4. The molecule has 0 aliphatic carbocycles. The minimum absolute atomic E-state index is 0.0851. The van der Waals surface area contributed by atoms with Gasteiger partial charge < -0.3 is 5.43 Å². The normalized spacial score (nSPS) is 10.3. The highest BCUT2D eigenvalue weighted by Crippen LogP contribution is 2.19. The lowest BCUT2D eigenvalue weighted by Gasteiger charge is -2.10. The van der Waals surface area contributed by atoms with Crippen LogP contribution >= 0.6 is 11.6 Å². The van der Waals surface area contributed by atoms with Gasteiger partial charge in [-0.2, -0.15) is 0 Å². The topological polar surface area (TPSA) is 34.0 Å². The molecule has 1 N–H and O–H groups in total. The number of carbonyl (C=O) groups excluding carboxylic acids is 1. The molecule has 0 saturated heterocycles. The highest BCUT2D eigenvalue weighted by atomic mass is 35.5. The first kappa shape index (κ1) is 11.7. The summed E-state index contributed by atoms with van der Waals surface area (Å²) in [6.07, 6.45) is 0. The van der Waals surface area contributed by atoms with E-state index >= 15 is 0 Å². The highest BCUT2D eigenvalue weighted by Gasteiger charge is 2.16. The Morgan fingerprint density at radius 2 is 1.94 bits per heavy atom. The number of rotatable bonds is 3. The summed E-state index contributed by atoms with van der Waals surface area (Å²) in [6, 6.07) is 10.7. The smallest absolute Gasteiger partial charge is 0.212 e. The summed E-state index contributed by atoms with van der Waals surface area (Å²) >= 11 is 6.02. The Morgan fingerprint density at radius 3 is 2.59 bits per heavy atom. The Labute approximate surface area is 105 Å². The second kappa shape index (κ2) is 4.63.